The number of amides is 1. The first-order valence-electron chi connectivity index (χ1n) is 8.53. The van der Waals surface area contributed by atoms with Crippen LogP contribution in [0.1, 0.15) is 18.5 Å². The third-order valence-electron chi connectivity index (χ3n) is 3.81. The van der Waals surface area contributed by atoms with E-state index >= 15 is 0 Å². The minimum Gasteiger partial charge on any atom is -0.406 e. The molecule has 0 radical (unpaired) electrons. The van der Waals surface area contributed by atoms with Crippen molar-refractivity contribution >= 4 is 29.3 Å². The molecule has 0 saturated heterocycles. The van der Waals surface area contributed by atoms with Crippen LogP contribution in [-0.2, 0) is 4.79 Å². The standard InChI is InChI=1S/C18H15ClF3N5O2S/c1-11(12-3-2-4-13(19)9-12)23-16(28)10-30-17-24-25-26-27(17)14-5-7-15(8-6-14)29-18(20,21)22/h2-9,11H,10H2,1H3,(H,23,28)/t11-/m1/s1. The van der Waals surface area contributed by atoms with Crippen molar-refractivity contribution in [1.82, 2.24) is 25.5 Å². The zero-order valence-corrected chi connectivity index (χ0v) is 17.0. The Bertz CT molecular complexity index is 1010. The lowest BCUT2D eigenvalue weighted by Crippen LogP contribution is -2.28. The third kappa shape index (κ3) is 6.10. The van der Waals surface area contributed by atoms with Gasteiger partial charge in [-0.2, -0.15) is 4.68 Å². The predicted octanol–water partition coefficient (Wildman–Crippen LogP) is 4.18. The van der Waals surface area contributed by atoms with Crippen LogP contribution in [-0.4, -0.2) is 38.2 Å². The number of benzene rings is 2. The largest absolute Gasteiger partial charge is 0.573 e. The quantitative estimate of drug-likeness (QED) is 0.536. The number of alkyl halides is 3. The van der Waals surface area contributed by atoms with Crippen LogP contribution < -0.4 is 10.1 Å². The molecule has 0 bridgehead atoms. The van der Waals surface area contributed by atoms with Gasteiger partial charge in [-0.1, -0.05) is 35.5 Å². The van der Waals surface area contributed by atoms with E-state index in [2.05, 4.69) is 25.6 Å². The first-order valence-corrected chi connectivity index (χ1v) is 9.90. The molecule has 0 aliphatic carbocycles. The van der Waals surface area contributed by atoms with E-state index in [-0.39, 0.29) is 23.5 Å². The number of ether oxygens (including phenoxy) is 1. The number of nitrogens with zero attached hydrogens (tertiary/aromatic N) is 4. The molecule has 0 aliphatic heterocycles. The predicted molar refractivity (Wildman–Crippen MR) is 105 cm³/mol. The highest BCUT2D eigenvalue weighted by atomic mass is 35.5. The highest BCUT2D eigenvalue weighted by Gasteiger charge is 2.31. The van der Waals surface area contributed by atoms with Crippen LogP contribution in [0.3, 0.4) is 0 Å². The van der Waals surface area contributed by atoms with E-state index in [1.54, 1.807) is 18.2 Å². The van der Waals surface area contributed by atoms with Crippen LogP contribution in [0.25, 0.3) is 5.69 Å². The molecule has 0 fully saturated rings. The number of thioether (sulfide) groups is 1. The number of carbonyl (C=O) groups is 1. The van der Waals surface area contributed by atoms with Crippen LogP contribution in [0.15, 0.2) is 53.7 Å². The third-order valence-corrected chi connectivity index (χ3v) is 4.97. The van der Waals surface area contributed by atoms with Crippen LogP contribution in [0.2, 0.25) is 5.02 Å². The maximum atomic E-state index is 12.3. The van der Waals surface area contributed by atoms with E-state index in [0.29, 0.717) is 15.9 Å². The Morgan fingerprint density at radius 1 is 1.27 bits per heavy atom. The molecule has 1 aromatic heterocycles. The van der Waals surface area contributed by atoms with Crippen LogP contribution in [0, 0.1) is 0 Å². The molecule has 1 atom stereocenters. The van der Waals surface area contributed by atoms with Gasteiger partial charge in [-0.05, 0) is 59.3 Å². The van der Waals surface area contributed by atoms with Crippen molar-refractivity contribution in [2.24, 2.45) is 0 Å². The molecule has 30 heavy (non-hydrogen) atoms. The molecule has 1 heterocycles. The maximum absolute atomic E-state index is 12.3. The summed E-state index contributed by atoms with van der Waals surface area (Å²) in [6.45, 7) is 1.84. The summed E-state index contributed by atoms with van der Waals surface area (Å²) in [6, 6.07) is 12.0. The summed E-state index contributed by atoms with van der Waals surface area (Å²) >= 11 is 7.05. The zero-order valence-electron chi connectivity index (χ0n) is 15.4. The Morgan fingerprint density at radius 3 is 2.67 bits per heavy atom. The molecular weight excluding hydrogens is 443 g/mol. The Morgan fingerprint density at radius 2 is 2.00 bits per heavy atom. The molecule has 1 amide bonds. The summed E-state index contributed by atoms with van der Waals surface area (Å²) in [5.74, 6) is -0.556. The first-order chi connectivity index (χ1) is 14.2. The molecular formula is C18H15ClF3N5O2S. The van der Waals surface area contributed by atoms with Crippen molar-refractivity contribution in [2.45, 2.75) is 24.5 Å². The fraction of sp³-hybridized carbons (Fsp3) is 0.222. The van der Waals surface area contributed by atoms with Crippen molar-refractivity contribution in [1.29, 1.82) is 0 Å². The van der Waals surface area contributed by atoms with Gasteiger partial charge >= 0.3 is 6.36 Å². The molecule has 2 aromatic carbocycles. The molecule has 0 unspecified atom stereocenters. The van der Waals surface area contributed by atoms with Gasteiger partial charge in [-0.15, -0.1) is 18.3 Å². The van der Waals surface area contributed by atoms with Gasteiger partial charge in [0.1, 0.15) is 5.75 Å². The molecule has 12 heteroatoms. The number of aromatic nitrogens is 4. The zero-order chi connectivity index (χ0) is 21.7. The molecule has 158 valence electrons. The van der Waals surface area contributed by atoms with Gasteiger partial charge in [-0.25, -0.2) is 0 Å². The number of nitrogens with one attached hydrogen (secondary N) is 1. The average molecular weight is 458 g/mol. The Labute approximate surface area is 178 Å². The minimum atomic E-state index is -4.77. The minimum absolute atomic E-state index is 0.0422. The molecule has 0 aliphatic rings. The monoisotopic (exact) mass is 457 g/mol. The lowest BCUT2D eigenvalue weighted by molar-refractivity contribution is -0.274. The molecule has 0 saturated carbocycles. The summed E-state index contributed by atoms with van der Waals surface area (Å²) in [5.41, 5.74) is 1.29. The van der Waals surface area contributed by atoms with Crippen molar-refractivity contribution < 1.29 is 22.7 Å². The topological polar surface area (TPSA) is 81.9 Å². The first kappa shape index (κ1) is 21.9. The van der Waals surface area contributed by atoms with Gasteiger partial charge in [-0.3, -0.25) is 4.79 Å². The van der Waals surface area contributed by atoms with E-state index in [0.717, 1.165) is 29.5 Å². The number of rotatable bonds is 7. The van der Waals surface area contributed by atoms with Gasteiger partial charge in [0.05, 0.1) is 17.5 Å². The normalized spacial score (nSPS) is 12.4. The van der Waals surface area contributed by atoms with Crippen molar-refractivity contribution in [3.8, 4) is 11.4 Å². The number of carbonyl (C=O) groups excluding carboxylic acids is 1. The Hall–Kier alpha value is -2.79. The van der Waals surface area contributed by atoms with Crippen molar-refractivity contribution in [3.05, 3.63) is 59.1 Å². The number of hydrogen-bond acceptors (Lipinski definition) is 6. The SMILES string of the molecule is C[C@@H](NC(=O)CSc1nnnn1-c1ccc(OC(F)(F)F)cc1)c1cccc(Cl)c1. The maximum Gasteiger partial charge on any atom is 0.573 e. The van der Waals surface area contributed by atoms with Crippen LogP contribution in [0.4, 0.5) is 13.2 Å². The molecule has 3 aromatic rings. The van der Waals surface area contributed by atoms with Gasteiger partial charge in [0, 0.05) is 5.02 Å². The Balaban J connectivity index is 1.60. The van der Waals surface area contributed by atoms with Crippen molar-refractivity contribution in [2.75, 3.05) is 5.75 Å². The van der Waals surface area contributed by atoms with E-state index < -0.39 is 6.36 Å². The highest BCUT2D eigenvalue weighted by Crippen LogP contribution is 2.25. The second-order valence-corrected chi connectivity index (χ2v) is 7.43. The summed E-state index contributed by atoms with van der Waals surface area (Å²) in [7, 11) is 0. The summed E-state index contributed by atoms with van der Waals surface area (Å²) in [6.07, 6.45) is -4.77. The summed E-state index contributed by atoms with van der Waals surface area (Å²) in [5, 5.41) is 15.0. The van der Waals surface area contributed by atoms with Crippen LogP contribution >= 0.6 is 23.4 Å². The van der Waals surface area contributed by atoms with Gasteiger partial charge in [0.15, 0.2) is 0 Å². The van der Waals surface area contributed by atoms with Crippen LogP contribution in [0.5, 0.6) is 5.75 Å². The van der Waals surface area contributed by atoms with Gasteiger partial charge in [0.25, 0.3) is 0 Å². The van der Waals surface area contributed by atoms with E-state index in [1.807, 2.05) is 13.0 Å². The van der Waals surface area contributed by atoms with E-state index in [4.69, 9.17) is 11.6 Å². The fourth-order valence-electron chi connectivity index (χ4n) is 2.49. The lowest BCUT2D eigenvalue weighted by atomic mass is 10.1. The average Bonchev–Trinajstić information content (AvgIpc) is 3.14. The second kappa shape index (κ2) is 9.35. The van der Waals surface area contributed by atoms with Crippen molar-refractivity contribution in [3.63, 3.8) is 0 Å². The smallest absolute Gasteiger partial charge is 0.406 e. The summed E-state index contributed by atoms with van der Waals surface area (Å²) in [4.78, 5) is 12.3. The molecule has 1 N–H and O–H groups in total. The lowest BCUT2D eigenvalue weighted by Gasteiger charge is -2.14. The Kier molecular flexibility index (Phi) is 6.83. The second-order valence-electron chi connectivity index (χ2n) is 6.05. The highest BCUT2D eigenvalue weighted by molar-refractivity contribution is 7.99. The number of hydrogen-bond donors (Lipinski definition) is 1. The van der Waals surface area contributed by atoms with E-state index in [1.165, 1.54) is 16.8 Å². The fourth-order valence-corrected chi connectivity index (χ4v) is 3.39. The number of halogens is 4. The summed E-state index contributed by atoms with van der Waals surface area (Å²) < 4.78 is 42.0. The molecule has 3 rings (SSSR count). The van der Waals surface area contributed by atoms with Gasteiger partial charge < -0.3 is 10.1 Å². The van der Waals surface area contributed by atoms with E-state index in [9.17, 15) is 18.0 Å². The molecule has 0 spiro atoms. The molecule has 7 nitrogen and oxygen atoms in total. The number of tetrazole rings is 1. The van der Waals surface area contributed by atoms with Gasteiger partial charge in [0.2, 0.25) is 11.1 Å².